The summed E-state index contributed by atoms with van der Waals surface area (Å²) in [4.78, 5) is 0. The molecular weight excluding hydrogens is 210 g/mol. The van der Waals surface area contributed by atoms with Gasteiger partial charge in [0.2, 0.25) is 0 Å². The van der Waals surface area contributed by atoms with E-state index in [0.29, 0.717) is 0 Å². The average molecular weight is 229 g/mol. The Balaban J connectivity index is 1.97. The van der Waals surface area contributed by atoms with Crippen molar-refractivity contribution >= 4 is 16.6 Å². The highest BCUT2D eigenvalue weighted by atomic mass is 15.0. The van der Waals surface area contributed by atoms with Gasteiger partial charge in [-0.15, -0.1) is 0 Å². The molecule has 1 fully saturated rings. The van der Waals surface area contributed by atoms with Crippen LogP contribution < -0.4 is 11.1 Å². The van der Waals surface area contributed by atoms with Crippen molar-refractivity contribution in [2.75, 3.05) is 5.73 Å². The number of rotatable bonds is 4. The number of benzene rings is 1. The monoisotopic (exact) mass is 229 g/mol. The van der Waals surface area contributed by atoms with E-state index in [0.717, 1.165) is 24.8 Å². The summed E-state index contributed by atoms with van der Waals surface area (Å²) in [6.45, 7) is 4.17. The Morgan fingerprint density at radius 3 is 2.88 bits per heavy atom. The van der Waals surface area contributed by atoms with E-state index in [1.807, 2.05) is 6.07 Å². The van der Waals surface area contributed by atoms with Crippen LogP contribution in [0.4, 0.5) is 5.69 Å². The molecule has 1 aromatic heterocycles. The Morgan fingerprint density at radius 2 is 2.18 bits per heavy atom. The third kappa shape index (κ3) is 2.03. The maximum absolute atomic E-state index is 5.83. The molecule has 1 heterocycles. The number of nitrogens with two attached hydrogens (primary N) is 1. The van der Waals surface area contributed by atoms with Gasteiger partial charge in [0.1, 0.15) is 0 Å². The molecule has 2 aromatic rings. The van der Waals surface area contributed by atoms with E-state index in [2.05, 4.69) is 35.0 Å². The van der Waals surface area contributed by atoms with E-state index in [1.54, 1.807) is 0 Å². The van der Waals surface area contributed by atoms with E-state index in [9.17, 15) is 0 Å². The van der Waals surface area contributed by atoms with Crippen LogP contribution in [-0.2, 0) is 13.1 Å². The summed E-state index contributed by atoms with van der Waals surface area (Å²) in [6.07, 6.45) is 2.67. The van der Waals surface area contributed by atoms with Gasteiger partial charge in [0.25, 0.3) is 0 Å². The number of hydrogen-bond donors (Lipinski definition) is 2. The third-order valence-electron chi connectivity index (χ3n) is 3.48. The highest BCUT2D eigenvalue weighted by Crippen LogP contribution is 2.24. The predicted molar refractivity (Wildman–Crippen MR) is 71.9 cm³/mol. The Bertz CT molecular complexity index is 538. The van der Waals surface area contributed by atoms with Crippen LogP contribution in [0.1, 0.15) is 25.5 Å². The molecule has 3 N–H and O–H groups in total. The normalized spacial score (nSPS) is 15.6. The van der Waals surface area contributed by atoms with E-state index in [1.165, 1.54) is 29.4 Å². The van der Waals surface area contributed by atoms with E-state index in [-0.39, 0.29) is 0 Å². The van der Waals surface area contributed by atoms with Gasteiger partial charge in [-0.1, -0.05) is 0 Å². The van der Waals surface area contributed by atoms with Gasteiger partial charge in [0.15, 0.2) is 0 Å². The topological polar surface area (TPSA) is 43.0 Å². The smallest absolute Gasteiger partial charge is 0.0484 e. The summed E-state index contributed by atoms with van der Waals surface area (Å²) in [6, 6.07) is 9.16. The molecule has 0 bridgehead atoms. The lowest BCUT2D eigenvalue weighted by Gasteiger charge is -2.08. The lowest BCUT2D eigenvalue weighted by Crippen LogP contribution is -2.17. The fourth-order valence-electron chi connectivity index (χ4n) is 2.40. The van der Waals surface area contributed by atoms with Crippen LogP contribution in [-0.4, -0.2) is 10.6 Å². The molecule has 17 heavy (non-hydrogen) atoms. The fraction of sp³-hybridized carbons (Fsp3) is 0.429. The SMILES string of the molecule is CCn1c(CNC2CC2)cc2cc(N)ccc21. The molecule has 0 unspecified atom stereocenters. The molecule has 1 aromatic carbocycles. The number of fused-ring (bicyclic) bond motifs is 1. The lowest BCUT2D eigenvalue weighted by molar-refractivity contribution is 0.634. The molecule has 0 atom stereocenters. The number of aromatic nitrogens is 1. The molecule has 3 nitrogen and oxygen atoms in total. The number of aryl methyl sites for hydroxylation is 1. The quantitative estimate of drug-likeness (QED) is 0.791. The minimum absolute atomic E-state index is 0.753. The van der Waals surface area contributed by atoms with Crippen molar-refractivity contribution in [3.05, 3.63) is 30.0 Å². The molecule has 1 aliphatic carbocycles. The predicted octanol–water partition coefficient (Wildman–Crippen LogP) is 2.50. The van der Waals surface area contributed by atoms with Gasteiger partial charge in [-0.25, -0.2) is 0 Å². The number of nitrogens with one attached hydrogen (secondary N) is 1. The Morgan fingerprint density at radius 1 is 1.35 bits per heavy atom. The van der Waals surface area contributed by atoms with Gasteiger partial charge < -0.3 is 15.6 Å². The van der Waals surface area contributed by atoms with E-state index >= 15 is 0 Å². The van der Waals surface area contributed by atoms with Gasteiger partial charge in [0.05, 0.1) is 0 Å². The minimum Gasteiger partial charge on any atom is -0.399 e. The summed E-state index contributed by atoms with van der Waals surface area (Å²) in [5, 5.41) is 4.82. The van der Waals surface area contributed by atoms with E-state index < -0.39 is 0 Å². The highest BCUT2D eigenvalue weighted by Gasteiger charge is 2.20. The van der Waals surface area contributed by atoms with Crippen molar-refractivity contribution < 1.29 is 0 Å². The van der Waals surface area contributed by atoms with E-state index in [4.69, 9.17) is 5.73 Å². The fourth-order valence-corrected chi connectivity index (χ4v) is 2.40. The first-order valence-corrected chi connectivity index (χ1v) is 6.39. The molecule has 0 amide bonds. The van der Waals surface area contributed by atoms with Crippen LogP contribution in [0.2, 0.25) is 0 Å². The van der Waals surface area contributed by atoms with Crippen molar-refractivity contribution in [3.63, 3.8) is 0 Å². The van der Waals surface area contributed by atoms with Crippen molar-refractivity contribution in [1.82, 2.24) is 9.88 Å². The molecule has 0 radical (unpaired) electrons. The average Bonchev–Trinajstić information content (AvgIpc) is 3.07. The Hall–Kier alpha value is -1.48. The number of nitrogen functional groups attached to an aromatic ring is 1. The van der Waals surface area contributed by atoms with Crippen LogP contribution in [0.15, 0.2) is 24.3 Å². The van der Waals surface area contributed by atoms with Crippen LogP contribution in [0, 0.1) is 0 Å². The largest absolute Gasteiger partial charge is 0.399 e. The molecule has 3 heteroatoms. The van der Waals surface area contributed by atoms with Crippen molar-refractivity contribution in [2.45, 2.75) is 38.9 Å². The molecule has 0 spiro atoms. The zero-order valence-corrected chi connectivity index (χ0v) is 10.2. The summed E-state index contributed by atoms with van der Waals surface area (Å²) >= 11 is 0. The van der Waals surface area contributed by atoms with Crippen LogP contribution in [0.3, 0.4) is 0 Å². The van der Waals surface area contributed by atoms with Gasteiger partial charge in [-0.2, -0.15) is 0 Å². The van der Waals surface area contributed by atoms with Crippen molar-refractivity contribution in [1.29, 1.82) is 0 Å². The highest BCUT2D eigenvalue weighted by molar-refractivity contribution is 5.84. The Labute approximate surface area is 102 Å². The summed E-state index contributed by atoms with van der Waals surface area (Å²) in [5.41, 5.74) is 9.32. The van der Waals surface area contributed by atoms with Crippen LogP contribution in [0.5, 0.6) is 0 Å². The summed E-state index contributed by atoms with van der Waals surface area (Å²) in [5.74, 6) is 0. The maximum Gasteiger partial charge on any atom is 0.0484 e. The van der Waals surface area contributed by atoms with Crippen molar-refractivity contribution in [3.8, 4) is 0 Å². The number of anilines is 1. The first-order chi connectivity index (χ1) is 8.28. The van der Waals surface area contributed by atoms with Crippen LogP contribution in [0.25, 0.3) is 10.9 Å². The Kier molecular flexibility index (Phi) is 2.56. The van der Waals surface area contributed by atoms with Gasteiger partial charge >= 0.3 is 0 Å². The second-order valence-electron chi connectivity index (χ2n) is 4.85. The minimum atomic E-state index is 0.753. The first kappa shape index (κ1) is 10.7. The standard InChI is InChI=1S/C14H19N3/c1-2-17-13(9-16-12-4-5-12)8-10-7-11(15)3-6-14(10)17/h3,6-8,12,16H,2,4-5,9,15H2,1H3. The van der Waals surface area contributed by atoms with Gasteiger partial charge in [-0.05, 0) is 44.0 Å². The molecule has 0 aliphatic heterocycles. The first-order valence-electron chi connectivity index (χ1n) is 6.39. The molecule has 90 valence electrons. The number of nitrogens with zero attached hydrogens (tertiary/aromatic N) is 1. The lowest BCUT2D eigenvalue weighted by atomic mass is 10.2. The summed E-state index contributed by atoms with van der Waals surface area (Å²) < 4.78 is 2.37. The molecular formula is C14H19N3. The maximum atomic E-state index is 5.83. The molecule has 1 aliphatic rings. The summed E-state index contributed by atoms with van der Waals surface area (Å²) in [7, 11) is 0. The zero-order valence-electron chi connectivity index (χ0n) is 10.2. The number of hydrogen-bond acceptors (Lipinski definition) is 2. The second kappa shape index (κ2) is 4.08. The molecule has 0 saturated heterocycles. The van der Waals surface area contributed by atoms with Crippen LogP contribution >= 0.6 is 0 Å². The van der Waals surface area contributed by atoms with Gasteiger partial charge in [-0.3, -0.25) is 0 Å². The van der Waals surface area contributed by atoms with Gasteiger partial charge in [0, 0.05) is 41.4 Å². The van der Waals surface area contributed by atoms with Crippen molar-refractivity contribution in [2.24, 2.45) is 0 Å². The molecule has 3 rings (SSSR count). The molecule has 1 saturated carbocycles. The second-order valence-corrected chi connectivity index (χ2v) is 4.85. The zero-order chi connectivity index (χ0) is 11.8. The third-order valence-corrected chi connectivity index (χ3v) is 3.48.